The second-order valence-corrected chi connectivity index (χ2v) is 8.10. The fourth-order valence-corrected chi connectivity index (χ4v) is 4.36. The number of carbonyl (C=O) groups excluding carboxylic acids is 1. The summed E-state index contributed by atoms with van der Waals surface area (Å²) in [6, 6.07) is 8.65. The SMILES string of the molecule is Cc1nc(-c2ccc(CNC(=O)c3oc4c(F)cccc4c3C)s2)cs1. The van der Waals surface area contributed by atoms with E-state index in [1.54, 1.807) is 41.7 Å². The number of aromatic nitrogens is 1. The van der Waals surface area contributed by atoms with Crippen molar-refractivity contribution in [2.24, 2.45) is 0 Å². The predicted octanol–water partition coefficient (Wildman–Crippen LogP) is 5.30. The van der Waals surface area contributed by atoms with Crippen molar-refractivity contribution in [3.63, 3.8) is 0 Å². The third kappa shape index (κ3) is 3.04. The van der Waals surface area contributed by atoms with Gasteiger partial charge in [0.1, 0.15) is 0 Å². The molecule has 0 aliphatic rings. The van der Waals surface area contributed by atoms with Gasteiger partial charge in [-0.2, -0.15) is 0 Å². The highest BCUT2D eigenvalue weighted by Crippen LogP contribution is 2.30. The molecule has 1 N–H and O–H groups in total. The Kier molecular flexibility index (Phi) is 4.34. The first-order valence-electron chi connectivity index (χ1n) is 8.00. The molecule has 4 rings (SSSR count). The summed E-state index contributed by atoms with van der Waals surface area (Å²) in [5.41, 5.74) is 1.72. The second kappa shape index (κ2) is 6.66. The third-order valence-electron chi connectivity index (χ3n) is 4.08. The first-order chi connectivity index (χ1) is 12.5. The molecule has 0 atom stereocenters. The van der Waals surface area contributed by atoms with Gasteiger partial charge < -0.3 is 9.73 Å². The fraction of sp³-hybridized carbons (Fsp3) is 0.158. The van der Waals surface area contributed by atoms with E-state index in [4.69, 9.17) is 4.42 Å². The van der Waals surface area contributed by atoms with Gasteiger partial charge in [-0.3, -0.25) is 4.79 Å². The van der Waals surface area contributed by atoms with Gasteiger partial charge >= 0.3 is 0 Å². The van der Waals surface area contributed by atoms with Crippen LogP contribution in [0, 0.1) is 19.7 Å². The van der Waals surface area contributed by atoms with Gasteiger partial charge in [-0.25, -0.2) is 9.37 Å². The molecule has 132 valence electrons. The maximum Gasteiger partial charge on any atom is 0.287 e. The van der Waals surface area contributed by atoms with Crippen LogP contribution >= 0.6 is 22.7 Å². The zero-order valence-corrected chi connectivity index (χ0v) is 15.8. The van der Waals surface area contributed by atoms with Crippen LogP contribution in [0.5, 0.6) is 0 Å². The molecule has 3 heterocycles. The van der Waals surface area contributed by atoms with Crippen molar-refractivity contribution in [3.8, 4) is 10.6 Å². The molecule has 0 bridgehead atoms. The molecule has 0 aliphatic carbocycles. The van der Waals surface area contributed by atoms with Crippen LogP contribution in [0.15, 0.2) is 40.1 Å². The van der Waals surface area contributed by atoms with E-state index in [1.165, 1.54) is 6.07 Å². The van der Waals surface area contributed by atoms with E-state index in [9.17, 15) is 9.18 Å². The van der Waals surface area contributed by atoms with Crippen LogP contribution in [0.4, 0.5) is 4.39 Å². The molecule has 1 aromatic carbocycles. The molecule has 0 fully saturated rings. The average molecular weight is 386 g/mol. The topological polar surface area (TPSA) is 55.1 Å². The zero-order valence-electron chi connectivity index (χ0n) is 14.1. The quantitative estimate of drug-likeness (QED) is 0.517. The number of hydrogen-bond donors (Lipinski definition) is 1. The van der Waals surface area contributed by atoms with E-state index >= 15 is 0 Å². The van der Waals surface area contributed by atoms with Gasteiger partial charge in [0, 0.05) is 21.2 Å². The second-order valence-electron chi connectivity index (χ2n) is 5.87. The number of amides is 1. The Bertz CT molecular complexity index is 1110. The van der Waals surface area contributed by atoms with Crippen LogP contribution < -0.4 is 5.32 Å². The molecule has 4 nitrogen and oxygen atoms in total. The van der Waals surface area contributed by atoms with E-state index < -0.39 is 5.82 Å². The van der Waals surface area contributed by atoms with Crippen LogP contribution in [0.3, 0.4) is 0 Å². The van der Waals surface area contributed by atoms with Crippen molar-refractivity contribution in [2.45, 2.75) is 20.4 Å². The Morgan fingerprint density at radius 2 is 2.12 bits per heavy atom. The molecule has 0 radical (unpaired) electrons. The highest BCUT2D eigenvalue weighted by Gasteiger charge is 2.19. The van der Waals surface area contributed by atoms with Gasteiger partial charge in [-0.05, 0) is 32.0 Å². The van der Waals surface area contributed by atoms with Crippen molar-refractivity contribution < 1.29 is 13.6 Å². The molecule has 0 saturated heterocycles. The number of thiophene rings is 1. The molecule has 26 heavy (non-hydrogen) atoms. The van der Waals surface area contributed by atoms with Crippen LogP contribution in [0.1, 0.15) is 26.0 Å². The molecule has 3 aromatic heterocycles. The third-order valence-corrected chi connectivity index (χ3v) is 5.96. The van der Waals surface area contributed by atoms with Gasteiger partial charge in [0.15, 0.2) is 17.2 Å². The largest absolute Gasteiger partial charge is 0.448 e. The maximum atomic E-state index is 13.8. The molecule has 7 heteroatoms. The summed E-state index contributed by atoms with van der Waals surface area (Å²) in [7, 11) is 0. The average Bonchev–Trinajstić information content (AvgIpc) is 3.33. The van der Waals surface area contributed by atoms with Gasteiger partial charge in [0.25, 0.3) is 5.91 Å². The summed E-state index contributed by atoms with van der Waals surface area (Å²) in [4.78, 5) is 19.0. The van der Waals surface area contributed by atoms with Gasteiger partial charge in [0.2, 0.25) is 0 Å². The minimum Gasteiger partial charge on any atom is -0.448 e. The Labute approximate surface area is 157 Å². The van der Waals surface area contributed by atoms with Crippen LogP contribution in [-0.4, -0.2) is 10.9 Å². The first kappa shape index (κ1) is 16.9. The highest BCUT2D eigenvalue weighted by molar-refractivity contribution is 7.16. The number of nitrogens with one attached hydrogen (secondary N) is 1. The van der Waals surface area contributed by atoms with Gasteiger partial charge in [0.05, 0.1) is 22.1 Å². The van der Waals surface area contributed by atoms with E-state index in [2.05, 4.69) is 10.3 Å². The van der Waals surface area contributed by atoms with Gasteiger partial charge in [-0.15, -0.1) is 22.7 Å². The van der Waals surface area contributed by atoms with Crippen molar-refractivity contribution in [2.75, 3.05) is 0 Å². The number of halogens is 1. The molecule has 0 unspecified atom stereocenters. The molecular formula is C19H15FN2O2S2. The van der Waals surface area contributed by atoms with Crippen LogP contribution in [-0.2, 0) is 6.54 Å². The Balaban J connectivity index is 1.50. The molecular weight excluding hydrogens is 371 g/mol. The van der Waals surface area contributed by atoms with E-state index in [-0.39, 0.29) is 17.3 Å². The predicted molar refractivity (Wildman–Crippen MR) is 102 cm³/mol. The number of furan rings is 1. The normalized spacial score (nSPS) is 11.2. The van der Waals surface area contributed by atoms with Crippen LogP contribution in [0.25, 0.3) is 21.5 Å². The number of aryl methyl sites for hydroxylation is 2. The number of carbonyl (C=O) groups is 1. The number of nitrogens with zero attached hydrogens (tertiary/aromatic N) is 1. The first-order valence-corrected chi connectivity index (χ1v) is 9.69. The highest BCUT2D eigenvalue weighted by atomic mass is 32.1. The molecule has 1 amide bonds. The Morgan fingerprint density at radius 3 is 2.85 bits per heavy atom. The Hall–Kier alpha value is -2.51. The van der Waals surface area contributed by atoms with Crippen molar-refractivity contribution in [3.05, 3.63) is 62.7 Å². The number of benzene rings is 1. The summed E-state index contributed by atoms with van der Waals surface area (Å²) in [6.45, 7) is 4.11. The number of thiazole rings is 1. The lowest BCUT2D eigenvalue weighted by atomic mass is 10.1. The molecule has 4 aromatic rings. The number of hydrogen-bond acceptors (Lipinski definition) is 5. The van der Waals surface area contributed by atoms with Crippen LogP contribution in [0.2, 0.25) is 0 Å². The maximum absolute atomic E-state index is 13.8. The minimum absolute atomic E-state index is 0.118. The Morgan fingerprint density at radius 1 is 1.27 bits per heavy atom. The summed E-state index contributed by atoms with van der Waals surface area (Å²) in [5, 5.41) is 6.51. The summed E-state index contributed by atoms with van der Waals surface area (Å²) in [6.07, 6.45) is 0. The minimum atomic E-state index is -0.467. The molecule has 0 saturated carbocycles. The molecule has 0 aliphatic heterocycles. The van der Waals surface area contributed by atoms with E-state index in [0.29, 0.717) is 17.5 Å². The van der Waals surface area contributed by atoms with E-state index in [0.717, 1.165) is 20.5 Å². The zero-order chi connectivity index (χ0) is 18.3. The van der Waals surface area contributed by atoms with Crippen molar-refractivity contribution >= 4 is 39.5 Å². The summed E-state index contributed by atoms with van der Waals surface area (Å²) < 4.78 is 19.3. The monoisotopic (exact) mass is 386 g/mol. The number of rotatable bonds is 4. The van der Waals surface area contributed by atoms with Gasteiger partial charge in [-0.1, -0.05) is 12.1 Å². The van der Waals surface area contributed by atoms with E-state index in [1.807, 2.05) is 24.4 Å². The van der Waals surface area contributed by atoms with Crippen molar-refractivity contribution in [1.82, 2.24) is 10.3 Å². The lowest BCUT2D eigenvalue weighted by Gasteiger charge is -2.01. The number of para-hydroxylation sites is 1. The summed E-state index contributed by atoms with van der Waals surface area (Å²) >= 11 is 3.20. The summed E-state index contributed by atoms with van der Waals surface area (Å²) in [5.74, 6) is -0.666. The standard InChI is InChI=1S/C19H15FN2O2S2/c1-10-13-4-3-5-14(20)18(13)24-17(10)19(23)21-8-12-6-7-16(26-12)15-9-25-11(2)22-15/h3-7,9H,8H2,1-2H3,(H,21,23). The lowest BCUT2D eigenvalue weighted by molar-refractivity contribution is 0.0924. The number of fused-ring (bicyclic) bond motifs is 1. The fourth-order valence-electron chi connectivity index (χ4n) is 2.76. The smallest absolute Gasteiger partial charge is 0.287 e. The van der Waals surface area contributed by atoms with Crippen molar-refractivity contribution in [1.29, 1.82) is 0 Å². The lowest BCUT2D eigenvalue weighted by Crippen LogP contribution is -2.22. The molecule has 0 spiro atoms.